The number of thiazole rings is 1. The van der Waals surface area contributed by atoms with Crippen molar-refractivity contribution in [3.8, 4) is 6.07 Å². The number of hydrogen-bond acceptors (Lipinski definition) is 5. The molecule has 0 aliphatic heterocycles. The minimum Gasteiger partial charge on any atom is -0.361 e. The molecule has 0 amide bonds. The number of fused-ring (bicyclic) bond motifs is 1. The minimum absolute atomic E-state index is 0.000733. The summed E-state index contributed by atoms with van der Waals surface area (Å²) in [6.45, 7) is 0. The number of para-hydroxylation sites is 1. The molecule has 2 heterocycles. The van der Waals surface area contributed by atoms with Gasteiger partial charge >= 0.3 is 0 Å². The van der Waals surface area contributed by atoms with Crippen molar-refractivity contribution in [1.29, 1.82) is 5.26 Å². The Kier molecular flexibility index (Phi) is 5.27. The molecule has 8 heteroatoms. The maximum absolute atomic E-state index is 11.7. The number of nitriles is 1. The highest BCUT2D eigenvalue weighted by molar-refractivity contribution is 9.11. The highest BCUT2D eigenvalue weighted by atomic mass is 79.9. The van der Waals surface area contributed by atoms with Crippen molar-refractivity contribution >= 4 is 48.0 Å². The van der Waals surface area contributed by atoms with Crippen LogP contribution in [0, 0.1) is 11.3 Å². The van der Waals surface area contributed by atoms with E-state index in [1.165, 1.54) is 6.26 Å². The fourth-order valence-corrected chi connectivity index (χ4v) is 5.28. The van der Waals surface area contributed by atoms with Crippen LogP contribution in [0.1, 0.15) is 34.8 Å². The lowest BCUT2D eigenvalue weighted by atomic mass is 9.92. The monoisotopic (exact) mass is 437 g/mol. The zero-order valence-electron chi connectivity index (χ0n) is 13.5. The van der Waals surface area contributed by atoms with Gasteiger partial charge in [-0.1, -0.05) is 18.2 Å². The largest absolute Gasteiger partial charge is 0.361 e. The van der Waals surface area contributed by atoms with Crippen molar-refractivity contribution in [3.05, 3.63) is 50.5 Å². The van der Waals surface area contributed by atoms with Crippen LogP contribution in [0.4, 0.5) is 0 Å². The Morgan fingerprint density at radius 2 is 2.24 bits per heavy atom. The smallest absolute Gasteiger partial charge is 0.159 e. The van der Waals surface area contributed by atoms with E-state index in [2.05, 4.69) is 32.0 Å². The first-order chi connectivity index (χ1) is 11.9. The lowest BCUT2D eigenvalue weighted by Crippen LogP contribution is -2.01. The molecule has 0 aliphatic rings. The molecule has 1 atom stereocenters. The normalized spacial score (nSPS) is 13.0. The summed E-state index contributed by atoms with van der Waals surface area (Å²) in [5, 5.41) is 10.00. The molecular weight excluding hydrogens is 422 g/mol. The van der Waals surface area contributed by atoms with Crippen molar-refractivity contribution < 1.29 is 8.42 Å². The first kappa shape index (κ1) is 18.1. The standard InChI is InChI=1S/C17H16BrN3O2S2/c1-25(22,23)10-11-4-2-5-13-14(8-20-16(11)13)12(6-3-7-19)15-9-21-17(18)24-15/h2,4-5,8-9,12,20H,3,6,10H2,1H3. The van der Waals surface area contributed by atoms with Gasteiger partial charge in [0.25, 0.3) is 0 Å². The van der Waals surface area contributed by atoms with E-state index < -0.39 is 9.84 Å². The average Bonchev–Trinajstić information content (AvgIpc) is 3.14. The highest BCUT2D eigenvalue weighted by Crippen LogP contribution is 2.38. The van der Waals surface area contributed by atoms with Gasteiger partial charge in [0, 0.05) is 46.8 Å². The van der Waals surface area contributed by atoms with Gasteiger partial charge in [-0.05, 0) is 33.5 Å². The summed E-state index contributed by atoms with van der Waals surface area (Å²) in [5.41, 5.74) is 2.67. The molecular formula is C17H16BrN3O2S2. The number of hydrogen-bond donors (Lipinski definition) is 1. The second kappa shape index (κ2) is 7.28. The van der Waals surface area contributed by atoms with Crippen LogP contribution in [0.3, 0.4) is 0 Å². The van der Waals surface area contributed by atoms with Crippen LogP contribution in [-0.4, -0.2) is 24.6 Å². The van der Waals surface area contributed by atoms with Crippen LogP contribution in [-0.2, 0) is 15.6 Å². The summed E-state index contributed by atoms with van der Waals surface area (Å²) >= 11 is 4.95. The SMILES string of the molecule is CS(=O)(=O)Cc1cccc2c(C(CCC#N)c3cnc(Br)s3)c[nH]c12. The zero-order valence-corrected chi connectivity index (χ0v) is 16.7. The Morgan fingerprint density at radius 1 is 1.44 bits per heavy atom. The predicted molar refractivity (Wildman–Crippen MR) is 103 cm³/mol. The number of benzene rings is 1. The zero-order chi connectivity index (χ0) is 18.0. The topological polar surface area (TPSA) is 86.6 Å². The Labute approximate surface area is 158 Å². The van der Waals surface area contributed by atoms with Crippen molar-refractivity contribution in [3.63, 3.8) is 0 Å². The molecule has 0 aliphatic carbocycles. The number of sulfone groups is 1. The average molecular weight is 438 g/mol. The Balaban J connectivity index is 2.09. The van der Waals surface area contributed by atoms with E-state index in [9.17, 15) is 8.42 Å². The van der Waals surface area contributed by atoms with Crippen molar-refractivity contribution in [2.45, 2.75) is 24.5 Å². The van der Waals surface area contributed by atoms with Crippen molar-refractivity contribution in [2.75, 3.05) is 6.26 Å². The van der Waals surface area contributed by atoms with Gasteiger partial charge in [0.2, 0.25) is 0 Å². The molecule has 0 saturated heterocycles. The Hall–Kier alpha value is -1.69. The number of aromatic nitrogens is 2. The van der Waals surface area contributed by atoms with Gasteiger partial charge in [-0.15, -0.1) is 11.3 Å². The molecule has 0 spiro atoms. The summed E-state index contributed by atoms with van der Waals surface area (Å²) in [6, 6.07) is 7.91. The Morgan fingerprint density at radius 3 is 2.88 bits per heavy atom. The predicted octanol–water partition coefficient (Wildman–Crippen LogP) is 4.37. The summed E-state index contributed by atoms with van der Waals surface area (Å²) in [4.78, 5) is 8.58. The molecule has 0 saturated carbocycles. The van der Waals surface area contributed by atoms with E-state index >= 15 is 0 Å². The maximum atomic E-state index is 11.7. The maximum Gasteiger partial charge on any atom is 0.159 e. The van der Waals surface area contributed by atoms with Crippen LogP contribution in [0.2, 0.25) is 0 Å². The fourth-order valence-electron chi connectivity index (χ4n) is 3.02. The number of nitrogens with one attached hydrogen (secondary N) is 1. The van der Waals surface area contributed by atoms with E-state index in [-0.39, 0.29) is 11.7 Å². The lowest BCUT2D eigenvalue weighted by Gasteiger charge is -2.13. The van der Waals surface area contributed by atoms with Gasteiger partial charge in [-0.3, -0.25) is 0 Å². The third-order valence-electron chi connectivity index (χ3n) is 4.01. The Bertz CT molecular complexity index is 1050. The first-order valence-electron chi connectivity index (χ1n) is 7.64. The molecule has 1 unspecified atom stereocenters. The number of nitrogens with zero attached hydrogens (tertiary/aromatic N) is 2. The van der Waals surface area contributed by atoms with Crippen LogP contribution in [0.25, 0.3) is 10.9 Å². The van der Waals surface area contributed by atoms with E-state index in [0.29, 0.717) is 12.8 Å². The van der Waals surface area contributed by atoms with Gasteiger partial charge < -0.3 is 4.98 Å². The van der Waals surface area contributed by atoms with E-state index in [1.54, 1.807) is 11.3 Å². The first-order valence-corrected chi connectivity index (χ1v) is 11.3. The van der Waals surface area contributed by atoms with Crippen LogP contribution in [0.15, 0.2) is 34.5 Å². The number of rotatable bonds is 6. The molecule has 3 aromatic rings. The molecule has 130 valence electrons. The molecule has 1 aromatic carbocycles. The highest BCUT2D eigenvalue weighted by Gasteiger charge is 2.21. The number of H-pyrrole nitrogens is 1. The molecule has 5 nitrogen and oxygen atoms in total. The number of halogens is 1. The van der Waals surface area contributed by atoms with Crippen LogP contribution >= 0.6 is 27.3 Å². The molecule has 2 aromatic heterocycles. The van der Waals surface area contributed by atoms with E-state index in [4.69, 9.17) is 5.26 Å². The fraction of sp³-hybridized carbons (Fsp3) is 0.294. The molecule has 0 fully saturated rings. The number of aromatic amines is 1. The summed E-state index contributed by atoms with van der Waals surface area (Å²) in [7, 11) is -3.12. The molecule has 0 radical (unpaired) electrons. The van der Waals surface area contributed by atoms with Crippen LogP contribution in [0.5, 0.6) is 0 Å². The third-order valence-corrected chi connectivity index (χ3v) is 6.44. The summed E-state index contributed by atoms with van der Waals surface area (Å²) in [5.74, 6) is 0.0462. The van der Waals surface area contributed by atoms with Gasteiger partial charge in [-0.2, -0.15) is 5.26 Å². The molecule has 3 rings (SSSR count). The van der Waals surface area contributed by atoms with Gasteiger partial charge in [-0.25, -0.2) is 13.4 Å². The molecule has 0 bridgehead atoms. The minimum atomic E-state index is -3.12. The molecule has 1 N–H and O–H groups in total. The molecule has 25 heavy (non-hydrogen) atoms. The van der Waals surface area contributed by atoms with Gasteiger partial charge in [0.15, 0.2) is 13.8 Å². The van der Waals surface area contributed by atoms with Crippen molar-refractivity contribution in [1.82, 2.24) is 9.97 Å². The van der Waals surface area contributed by atoms with Crippen molar-refractivity contribution in [2.24, 2.45) is 0 Å². The van der Waals surface area contributed by atoms with Gasteiger partial charge in [0.1, 0.15) is 0 Å². The summed E-state index contributed by atoms with van der Waals surface area (Å²) < 4.78 is 24.2. The van der Waals surface area contributed by atoms with E-state index in [0.717, 1.165) is 30.8 Å². The lowest BCUT2D eigenvalue weighted by molar-refractivity contribution is 0.601. The quantitative estimate of drug-likeness (QED) is 0.619. The second-order valence-electron chi connectivity index (χ2n) is 5.92. The van der Waals surface area contributed by atoms with Crippen LogP contribution < -0.4 is 0 Å². The summed E-state index contributed by atoms with van der Waals surface area (Å²) in [6.07, 6.45) is 6.12. The third kappa shape index (κ3) is 4.11. The van der Waals surface area contributed by atoms with Gasteiger partial charge in [0.05, 0.1) is 11.8 Å². The van der Waals surface area contributed by atoms with E-state index in [1.807, 2.05) is 30.6 Å². The second-order valence-corrected chi connectivity index (χ2v) is 10.4.